The first-order valence-electron chi connectivity index (χ1n) is 6.25. The Bertz CT molecular complexity index is 611. The second-order valence-corrected chi connectivity index (χ2v) is 9.13. The van der Waals surface area contributed by atoms with Gasteiger partial charge in [0, 0.05) is 6.54 Å². The highest BCUT2D eigenvalue weighted by atomic mass is 32.2. The first-order valence-corrected chi connectivity index (χ1v) is 9.94. The monoisotopic (exact) mass is 349 g/mol. The van der Waals surface area contributed by atoms with Crippen LogP contribution in [0.25, 0.3) is 0 Å². The van der Waals surface area contributed by atoms with Gasteiger partial charge in [-0.1, -0.05) is 6.07 Å². The Morgan fingerprint density at radius 2 is 2.24 bits per heavy atom. The summed E-state index contributed by atoms with van der Waals surface area (Å²) in [5, 5.41) is 10.8. The normalized spacial score (nSPS) is 21.1. The van der Waals surface area contributed by atoms with Gasteiger partial charge in [-0.3, -0.25) is 9.59 Å². The minimum atomic E-state index is -3.26. The Kier molecular flexibility index (Phi) is 5.28. The Morgan fingerprint density at radius 3 is 2.86 bits per heavy atom. The standard InChI is InChI=1S/C12H15NO5S3/c14-10(7-20-12-2-1-4-19-12)13-3-5-21(17,18)8-9(13)6-11(15)16/h1-2,4,9H,3,5-8H2,(H,15,16). The van der Waals surface area contributed by atoms with Crippen molar-refractivity contribution >= 4 is 44.8 Å². The molecule has 21 heavy (non-hydrogen) atoms. The molecule has 1 amide bonds. The molecule has 1 aromatic rings. The van der Waals surface area contributed by atoms with Gasteiger partial charge in [0.1, 0.15) is 0 Å². The predicted octanol–water partition coefficient (Wildman–Crippen LogP) is 0.941. The van der Waals surface area contributed by atoms with Gasteiger partial charge in [-0.15, -0.1) is 23.1 Å². The Balaban J connectivity index is 2.01. The minimum absolute atomic E-state index is 0.0735. The van der Waals surface area contributed by atoms with Gasteiger partial charge >= 0.3 is 5.97 Å². The lowest BCUT2D eigenvalue weighted by atomic mass is 10.2. The van der Waals surface area contributed by atoms with E-state index in [0.29, 0.717) is 0 Å². The van der Waals surface area contributed by atoms with Crippen LogP contribution in [0.1, 0.15) is 6.42 Å². The molecule has 1 aliphatic heterocycles. The topological polar surface area (TPSA) is 91.8 Å². The summed E-state index contributed by atoms with van der Waals surface area (Å²) in [6.45, 7) is 0.0735. The maximum absolute atomic E-state index is 12.2. The van der Waals surface area contributed by atoms with Crippen LogP contribution in [0.4, 0.5) is 0 Å². The maximum Gasteiger partial charge on any atom is 0.305 e. The van der Waals surface area contributed by atoms with Crippen LogP contribution in [-0.4, -0.2) is 60.1 Å². The van der Waals surface area contributed by atoms with E-state index in [4.69, 9.17) is 5.11 Å². The molecule has 116 valence electrons. The number of hydrogen-bond donors (Lipinski definition) is 1. The van der Waals surface area contributed by atoms with Crippen LogP contribution in [0, 0.1) is 0 Å². The zero-order chi connectivity index (χ0) is 15.5. The second kappa shape index (κ2) is 6.80. The van der Waals surface area contributed by atoms with Crippen molar-refractivity contribution in [2.75, 3.05) is 23.8 Å². The Morgan fingerprint density at radius 1 is 1.48 bits per heavy atom. The number of aliphatic carboxylic acids is 1. The van der Waals surface area contributed by atoms with Crippen molar-refractivity contribution in [2.45, 2.75) is 16.7 Å². The van der Waals surface area contributed by atoms with Crippen molar-refractivity contribution in [3.63, 3.8) is 0 Å². The quantitative estimate of drug-likeness (QED) is 0.796. The zero-order valence-electron chi connectivity index (χ0n) is 11.1. The van der Waals surface area contributed by atoms with Crippen LogP contribution < -0.4 is 0 Å². The molecule has 6 nitrogen and oxygen atoms in total. The minimum Gasteiger partial charge on any atom is -0.481 e. The molecule has 0 bridgehead atoms. The highest BCUT2D eigenvalue weighted by Gasteiger charge is 2.35. The van der Waals surface area contributed by atoms with E-state index < -0.39 is 21.8 Å². The molecule has 0 saturated carbocycles. The lowest BCUT2D eigenvalue weighted by Gasteiger charge is -2.34. The van der Waals surface area contributed by atoms with Crippen LogP contribution >= 0.6 is 23.1 Å². The fourth-order valence-corrected chi connectivity index (χ4v) is 5.34. The van der Waals surface area contributed by atoms with Crippen LogP contribution in [0.5, 0.6) is 0 Å². The van der Waals surface area contributed by atoms with Gasteiger partial charge in [-0.05, 0) is 11.4 Å². The molecule has 0 radical (unpaired) electrons. The van der Waals surface area contributed by atoms with Crippen molar-refractivity contribution in [1.82, 2.24) is 4.90 Å². The molecule has 1 aliphatic rings. The average Bonchev–Trinajstić information content (AvgIpc) is 2.87. The van der Waals surface area contributed by atoms with E-state index in [9.17, 15) is 18.0 Å². The molecule has 1 atom stereocenters. The summed E-state index contributed by atoms with van der Waals surface area (Å²) in [6, 6.07) is 3.02. The van der Waals surface area contributed by atoms with Crippen LogP contribution in [0.3, 0.4) is 0 Å². The number of sulfone groups is 1. The third-order valence-electron chi connectivity index (χ3n) is 3.09. The van der Waals surface area contributed by atoms with E-state index in [2.05, 4.69) is 0 Å². The lowest BCUT2D eigenvalue weighted by molar-refractivity contribution is -0.139. The van der Waals surface area contributed by atoms with Crippen molar-refractivity contribution in [1.29, 1.82) is 0 Å². The number of carboxylic acid groups (broad SMARTS) is 1. The molecule has 0 aliphatic carbocycles. The highest BCUT2D eigenvalue weighted by Crippen LogP contribution is 2.25. The summed E-state index contributed by atoms with van der Waals surface area (Å²) in [7, 11) is -3.26. The molecule has 9 heteroatoms. The lowest BCUT2D eigenvalue weighted by Crippen LogP contribution is -2.52. The molecule has 0 aromatic carbocycles. The van der Waals surface area contributed by atoms with Crippen molar-refractivity contribution < 1.29 is 23.1 Å². The van der Waals surface area contributed by atoms with E-state index >= 15 is 0 Å². The smallest absolute Gasteiger partial charge is 0.305 e. The molecule has 1 N–H and O–H groups in total. The van der Waals surface area contributed by atoms with Crippen molar-refractivity contribution in [3.8, 4) is 0 Å². The van der Waals surface area contributed by atoms with E-state index in [-0.39, 0.29) is 36.1 Å². The molecule has 0 spiro atoms. The number of thioether (sulfide) groups is 1. The molecule has 1 aromatic heterocycles. The molecule has 1 saturated heterocycles. The van der Waals surface area contributed by atoms with Gasteiger partial charge in [0.05, 0.1) is 33.9 Å². The van der Waals surface area contributed by atoms with Gasteiger partial charge in [0.2, 0.25) is 5.91 Å². The third kappa shape index (κ3) is 4.72. The number of carboxylic acids is 1. The number of thiophene rings is 1. The first-order chi connectivity index (χ1) is 9.87. The van der Waals surface area contributed by atoms with Crippen molar-refractivity contribution in [2.24, 2.45) is 0 Å². The molecule has 1 fully saturated rings. The Labute approximate surface area is 131 Å². The summed E-state index contributed by atoms with van der Waals surface area (Å²) in [4.78, 5) is 24.5. The zero-order valence-corrected chi connectivity index (χ0v) is 13.5. The van der Waals surface area contributed by atoms with Gasteiger partial charge in [0.15, 0.2) is 9.84 Å². The molecule has 1 unspecified atom stereocenters. The number of amides is 1. The summed E-state index contributed by atoms with van der Waals surface area (Å²) in [6.07, 6.45) is -0.339. The first kappa shape index (κ1) is 16.3. The number of hydrogen-bond acceptors (Lipinski definition) is 6. The second-order valence-electron chi connectivity index (χ2n) is 4.67. The van der Waals surface area contributed by atoms with E-state index in [1.165, 1.54) is 28.0 Å². The third-order valence-corrected chi connectivity index (χ3v) is 6.91. The van der Waals surface area contributed by atoms with E-state index in [1.807, 2.05) is 17.5 Å². The van der Waals surface area contributed by atoms with Crippen LogP contribution in [0.2, 0.25) is 0 Å². The number of carbonyl (C=O) groups is 2. The largest absolute Gasteiger partial charge is 0.481 e. The fourth-order valence-electron chi connectivity index (χ4n) is 2.15. The molecular weight excluding hydrogens is 334 g/mol. The fraction of sp³-hybridized carbons (Fsp3) is 0.500. The number of nitrogens with zero attached hydrogens (tertiary/aromatic N) is 1. The van der Waals surface area contributed by atoms with Gasteiger partial charge < -0.3 is 10.0 Å². The SMILES string of the molecule is O=C(O)CC1CS(=O)(=O)CCN1C(=O)CSc1cccs1. The summed E-state index contributed by atoms with van der Waals surface area (Å²) in [5.41, 5.74) is 0. The molecule has 2 heterocycles. The summed E-state index contributed by atoms with van der Waals surface area (Å²) in [5.74, 6) is -1.49. The van der Waals surface area contributed by atoms with Gasteiger partial charge in [0.25, 0.3) is 0 Å². The summed E-state index contributed by atoms with van der Waals surface area (Å²) >= 11 is 2.91. The van der Waals surface area contributed by atoms with E-state index in [1.54, 1.807) is 0 Å². The number of carbonyl (C=O) groups excluding carboxylic acids is 1. The predicted molar refractivity (Wildman–Crippen MR) is 81.5 cm³/mol. The van der Waals surface area contributed by atoms with Crippen LogP contribution in [0.15, 0.2) is 21.7 Å². The molecular formula is C12H15NO5S3. The van der Waals surface area contributed by atoms with E-state index in [0.717, 1.165) is 4.21 Å². The average molecular weight is 349 g/mol. The highest BCUT2D eigenvalue weighted by molar-refractivity contribution is 8.01. The van der Waals surface area contributed by atoms with Crippen LogP contribution in [-0.2, 0) is 19.4 Å². The Hall–Kier alpha value is -1.06. The maximum atomic E-state index is 12.2. The van der Waals surface area contributed by atoms with Gasteiger partial charge in [-0.25, -0.2) is 8.42 Å². The molecule has 2 rings (SSSR count). The van der Waals surface area contributed by atoms with Crippen molar-refractivity contribution in [3.05, 3.63) is 17.5 Å². The van der Waals surface area contributed by atoms with Gasteiger partial charge in [-0.2, -0.15) is 0 Å². The number of rotatable bonds is 5. The summed E-state index contributed by atoms with van der Waals surface area (Å²) < 4.78 is 24.2.